The number of nitriles is 1. The summed E-state index contributed by atoms with van der Waals surface area (Å²) in [6.45, 7) is -0.190. The predicted molar refractivity (Wildman–Crippen MR) is 81.2 cm³/mol. The third-order valence-corrected chi connectivity index (χ3v) is 3.88. The highest BCUT2D eigenvalue weighted by molar-refractivity contribution is 5.90. The normalized spacial score (nSPS) is 15.5. The maximum Gasteiger partial charge on any atom is 0.337 e. The second-order valence-corrected chi connectivity index (χ2v) is 5.49. The van der Waals surface area contributed by atoms with Crippen LogP contribution in [0.4, 0.5) is 10.1 Å². The molecule has 0 saturated heterocycles. The molecule has 0 aromatic heterocycles. The van der Waals surface area contributed by atoms with Gasteiger partial charge in [0.1, 0.15) is 11.4 Å². The Hall–Kier alpha value is -2.62. The minimum atomic E-state index is -0.814. The van der Waals surface area contributed by atoms with E-state index in [4.69, 9.17) is 0 Å². The Balaban J connectivity index is 1.99. The summed E-state index contributed by atoms with van der Waals surface area (Å²) < 4.78 is 18.3. The van der Waals surface area contributed by atoms with E-state index in [-0.39, 0.29) is 17.8 Å². The number of nitrogens with one attached hydrogen (secondary N) is 2. The molecule has 0 unspecified atom stereocenters. The number of halogens is 1. The zero-order chi connectivity index (χ0) is 16.9. The monoisotopic (exact) mass is 319 g/mol. The van der Waals surface area contributed by atoms with Gasteiger partial charge in [-0.1, -0.05) is 0 Å². The number of hydrogen-bond donors (Lipinski definition) is 2. The summed E-state index contributed by atoms with van der Waals surface area (Å²) in [6.07, 6.45) is 3.05. The van der Waals surface area contributed by atoms with E-state index < -0.39 is 23.2 Å². The number of methoxy groups -OCH3 is 1. The average Bonchev–Trinajstić information content (AvgIpc) is 3.02. The topological polar surface area (TPSA) is 91.2 Å². The van der Waals surface area contributed by atoms with Gasteiger partial charge in [0.2, 0.25) is 5.91 Å². The minimum absolute atomic E-state index is 0.0282. The molecule has 0 aliphatic heterocycles. The molecule has 122 valence electrons. The summed E-state index contributed by atoms with van der Waals surface area (Å²) in [5.41, 5.74) is -0.605. The molecule has 2 rings (SSSR count). The van der Waals surface area contributed by atoms with Crippen LogP contribution in [0.5, 0.6) is 0 Å². The Morgan fingerprint density at radius 3 is 2.70 bits per heavy atom. The van der Waals surface area contributed by atoms with Crippen molar-refractivity contribution in [2.75, 3.05) is 19.0 Å². The smallest absolute Gasteiger partial charge is 0.337 e. The van der Waals surface area contributed by atoms with Gasteiger partial charge in [-0.2, -0.15) is 5.26 Å². The van der Waals surface area contributed by atoms with Crippen LogP contribution < -0.4 is 10.6 Å². The fraction of sp³-hybridized carbons (Fsp3) is 0.438. The Bertz CT molecular complexity index is 648. The minimum Gasteiger partial charge on any atom is -0.465 e. The summed E-state index contributed by atoms with van der Waals surface area (Å²) in [4.78, 5) is 23.4. The first-order chi connectivity index (χ1) is 11.0. The highest BCUT2D eigenvalue weighted by Crippen LogP contribution is 2.28. The molecule has 0 radical (unpaired) electrons. The van der Waals surface area contributed by atoms with Crippen molar-refractivity contribution in [2.45, 2.75) is 31.2 Å². The van der Waals surface area contributed by atoms with Crippen molar-refractivity contribution in [3.8, 4) is 6.07 Å². The van der Waals surface area contributed by atoms with Crippen molar-refractivity contribution >= 4 is 17.6 Å². The van der Waals surface area contributed by atoms with Crippen LogP contribution >= 0.6 is 0 Å². The summed E-state index contributed by atoms with van der Waals surface area (Å²) in [5, 5.41) is 14.6. The first kappa shape index (κ1) is 16.7. The molecule has 1 amide bonds. The number of amides is 1. The Morgan fingerprint density at radius 1 is 1.39 bits per heavy atom. The number of carbonyl (C=O) groups excluding carboxylic acids is 2. The molecule has 7 heteroatoms. The molecule has 1 aromatic rings. The number of hydrogen-bond acceptors (Lipinski definition) is 5. The molecule has 1 aliphatic carbocycles. The zero-order valence-electron chi connectivity index (χ0n) is 12.8. The van der Waals surface area contributed by atoms with Crippen LogP contribution in [-0.4, -0.2) is 31.1 Å². The lowest BCUT2D eigenvalue weighted by Crippen LogP contribution is -2.47. The summed E-state index contributed by atoms with van der Waals surface area (Å²) in [7, 11) is 1.23. The highest BCUT2D eigenvalue weighted by atomic mass is 19.1. The molecule has 2 N–H and O–H groups in total. The van der Waals surface area contributed by atoms with E-state index in [1.54, 1.807) is 0 Å². The fourth-order valence-electron chi connectivity index (χ4n) is 2.64. The summed E-state index contributed by atoms with van der Waals surface area (Å²) in [6, 6.07) is 5.86. The number of ether oxygens (including phenoxy) is 1. The van der Waals surface area contributed by atoms with E-state index in [2.05, 4.69) is 21.4 Å². The molecule has 0 spiro atoms. The van der Waals surface area contributed by atoms with E-state index in [0.717, 1.165) is 18.9 Å². The standard InChI is InChI=1S/C16H18FN3O3/c1-23-15(22)11-4-5-12(17)13(8-11)19-9-14(21)20-16(10-18)6-2-3-7-16/h4-5,8,19H,2-3,6-7,9H2,1H3,(H,20,21). The second kappa shape index (κ2) is 7.09. The first-order valence-electron chi connectivity index (χ1n) is 7.34. The van der Waals surface area contributed by atoms with Gasteiger partial charge in [0.25, 0.3) is 0 Å². The molecule has 23 heavy (non-hydrogen) atoms. The molecule has 0 heterocycles. The molecule has 1 saturated carbocycles. The van der Waals surface area contributed by atoms with Crippen LogP contribution in [0.25, 0.3) is 0 Å². The van der Waals surface area contributed by atoms with Gasteiger partial charge in [0.05, 0.1) is 31.0 Å². The van der Waals surface area contributed by atoms with Gasteiger partial charge in [-0.15, -0.1) is 0 Å². The largest absolute Gasteiger partial charge is 0.465 e. The molecular formula is C16H18FN3O3. The average molecular weight is 319 g/mol. The molecule has 1 aromatic carbocycles. The van der Waals surface area contributed by atoms with Gasteiger partial charge in [-0.25, -0.2) is 9.18 Å². The van der Waals surface area contributed by atoms with Crippen molar-refractivity contribution in [3.63, 3.8) is 0 Å². The Morgan fingerprint density at radius 2 is 2.09 bits per heavy atom. The van der Waals surface area contributed by atoms with Crippen molar-refractivity contribution in [1.29, 1.82) is 5.26 Å². The van der Waals surface area contributed by atoms with Gasteiger partial charge in [-0.3, -0.25) is 4.79 Å². The van der Waals surface area contributed by atoms with E-state index in [0.29, 0.717) is 12.8 Å². The molecule has 1 aliphatic rings. The molecule has 6 nitrogen and oxygen atoms in total. The summed E-state index contributed by atoms with van der Waals surface area (Å²) >= 11 is 0. The van der Waals surface area contributed by atoms with Gasteiger partial charge in [0, 0.05) is 0 Å². The van der Waals surface area contributed by atoms with E-state index >= 15 is 0 Å². The maximum atomic E-state index is 13.7. The second-order valence-electron chi connectivity index (χ2n) is 5.49. The van der Waals surface area contributed by atoms with Crippen molar-refractivity contribution in [2.24, 2.45) is 0 Å². The van der Waals surface area contributed by atoms with Gasteiger partial charge >= 0.3 is 5.97 Å². The molecule has 0 bridgehead atoms. The van der Waals surface area contributed by atoms with Crippen molar-refractivity contribution in [3.05, 3.63) is 29.6 Å². The molecular weight excluding hydrogens is 301 g/mol. The van der Waals surface area contributed by atoms with Crippen molar-refractivity contribution < 1.29 is 18.7 Å². The third kappa shape index (κ3) is 3.97. The van der Waals surface area contributed by atoms with Crippen LogP contribution in [0.15, 0.2) is 18.2 Å². The SMILES string of the molecule is COC(=O)c1ccc(F)c(NCC(=O)NC2(C#N)CCCC2)c1. The molecule has 0 atom stereocenters. The van der Waals surface area contributed by atoms with Gasteiger partial charge in [0.15, 0.2) is 0 Å². The van der Waals surface area contributed by atoms with E-state index in [9.17, 15) is 19.2 Å². The highest BCUT2D eigenvalue weighted by Gasteiger charge is 2.35. The maximum absolute atomic E-state index is 13.7. The van der Waals surface area contributed by atoms with Crippen LogP contribution in [0, 0.1) is 17.1 Å². The Kier molecular flexibility index (Phi) is 5.16. The lowest BCUT2D eigenvalue weighted by atomic mass is 10.00. The number of benzene rings is 1. The fourth-order valence-corrected chi connectivity index (χ4v) is 2.64. The van der Waals surface area contributed by atoms with Crippen LogP contribution in [0.3, 0.4) is 0 Å². The molecule has 1 fully saturated rings. The number of esters is 1. The Labute approximate surface area is 133 Å². The first-order valence-corrected chi connectivity index (χ1v) is 7.34. The van der Waals surface area contributed by atoms with E-state index in [1.807, 2.05) is 0 Å². The van der Waals surface area contributed by atoms with Crippen molar-refractivity contribution in [1.82, 2.24) is 5.32 Å². The quantitative estimate of drug-likeness (QED) is 0.810. The number of rotatable bonds is 5. The predicted octanol–water partition coefficient (Wildman–Crippen LogP) is 1.98. The number of anilines is 1. The zero-order valence-corrected chi connectivity index (χ0v) is 12.8. The van der Waals surface area contributed by atoms with Gasteiger partial charge < -0.3 is 15.4 Å². The van der Waals surface area contributed by atoms with Crippen LogP contribution in [-0.2, 0) is 9.53 Å². The third-order valence-electron chi connectivity index (χ3n) is 3.88. The number of nitrogens with zero attached hydrogens (tertiary/aromatic N) is 1. The lowest BCUT2D eigenvalue weighted by molar-refractivity contribution is -0.120. The van der Waals surface area contributed by atoms with Crippen LogP contribution in [0.1, 0.15) is 36.0 Å². The lowest BCUT2D eigenvalue weighted by Gasteiger charge is -2.22. The number of carbonyl (C=O) groups is 2. The summed E-state index contributed by atoms with van der Waals surface area (Å²) in [5.74, 6) is -1.57. The van der Waals surface area contributed by atoms with Crippen LogP contribution in [0.2, 0.25) is 0 Å². The van der Waals surface area contributed by atoms with Gasteiger partial charge in [-0.05, 0) is 43.9 Å². The van der Waals surface area contributed by atoms with E-state index in [1.165, 1.54) is 19.2 Å².